The number of aromatic nitrogens is 1. The van der Waals surface area contributed by atoms with Gasteiger partial charge in [-0.25, -0.2) is 17.6 Å². The predicted octanol–water partition coefficient (Wildman–Crippen LogP) is 5.36. The van der Waals surface area contributed by atoms with Gasteiger partial charge in [0.1, 0.15) is 16.5 Å². The van der Waals surface area contributed by atoms with Gasteiger partial charge in [-0.15, -0.1) is 0 Å². The van der Waals surface area contributed by atoms with Crippen LogP contribution in [0.3, 0.4) is 0 Å². The Morgan fingerprint density at radius 3 is 2.06 bits per heavy atom. The maximum atomic E-state index is 14.2. The van der Waals surface area contributed by atoms with Gasteiger partial charge in [0, 0.05) is 17.5 Å². The van der Waals surface area contributed by atoms with Crippen molar-refractivity contribution in [3.05, 3.63) is 92.2 Å². The van der Waals surface area contributed by atoms with Crippen LogP contribution in [0, 0.1) is 34.9 Å². The minimum absolute atomic E-state index is 0.0259. The van der Waals surface area contributed by atoms with Gasteiger partial charge in [-0.2, -0.15) is 17.2 Å². The summed E-state index contributed by atoms with van der Waals surface area (Å²) in [6, 6.07) is 7.39. The lowest BCUT2D eigenvalue weighted by Gasteiger charge is -2.15. The first-order valence-corrected chi connectivity index (χ1v) is 11.7. The molecule has 36 heavy (non-hydrogen) atoms. The highest BCUT2D eigenvalue weighted by Crippen LogP contribution is 2.33. The summed E-state index contributed by atoms with van der Waals surface area (Å²) in [7, 11) is -3.84. The van der Waals surface area contributed by atoms with Gasteiger partial charge in [0.15, 0.2) is 0 Å². The molecule has 4 aromatic rings. The van der Waals surface area contributed by atoms with E-state index in [0.717, 1.165) is 34.9 Å². The number of fused-ring (bicyclic) bond motifs is 1. The first-order valence-electron chi connectivity index (χ1n) is 9.52. The van der Waals surface area contributed by atoms with Gasteiger partial charge in [0.25, 0.3) is 5.56 Å². The summed E-state index contributed by atoms with van der Waals surface area (Å²) in [6.07, 6.45) is 0. The van der Waals surface area contributed by atoms with Crippen molar-refractivity contribution in [3.8, 4) is 17.2 Å². The van der Waals surface area contributed by atoms with Crippen molar-refractivity contribution in [3.63, 3.8) is 0 Å². The normalized spacial score (nSPS) is 11.7. The Hall–Kier alpha value is -3.52. The number of pyridine rings is 1. The Morgan fingerprint density at radius 1 is 0.833 bits per heavy atom. The molecule has 0 bridgehead atoms. The average Bonchev–Trinajstić information content (AvgIpc) is 2.85. The van der Waals surface area contributed by atoms with Crippen LogP contribution in [0.25, 0.3) is 16.6 Å². The lowest BCUT2D eigenvalue weighted by molar-refractivity contribution is 0.346. The number of halogens is 7. The molecule has 188 valence electrons. The van der Waals surface area contributed by atoms with Crippen LogP contribution in [0.5, 0.6) is 11.5 Å². The predicted molar refractivity (Wildman–Crippen MR) is 118 cm³/mol. The monoisotopic (exact) mass is 593 g/mol. The highest BCUT2D eigenvalue weighted by molar-refractivity contribution is 9.10. The Labute approximate surface area is 206 Å². The second-order valence-electron chi connectivity index (χ2n) is 7.10. The molecule has 6 nitrogen and oxygen atoms in total. The van der Waals surface area contributed by atoms with E-state index in [9.17, 15) is 39.6 Å². The third-order valence-electron chi connectivity index (χ3n) is 4.98. The van der Waals surface area contributed by atoms with E-state index in [1.165, 1.54) is 19.2 Å². The molecule has 0 fully saturated rings. The standard InChI is InChI=1S/C22H10BrF6NO5S/c1-34-15-7-11(23)12(24)8-14(15)30-13-4-3-10(6-9(13)2-5-16(30)31)36(32,33)35-22-20(28)18(26)17(25)19(27)21(22)29/h2-8H,1H3. The zero-order chi connectivity index (χ0) is 26.5. The second kappa shape index (κ2) is 9.17. The summed E-state index contributed by atoms with van der Waals surface area (Å²) in [4.78, 5) is 11.9. The van der Waals surface area contributed by atoms with E-state index in [0.29, 0.717) is 0 Å². The highest BCUT2D eigenvalue weighted by atomic mass is 79.9. The van der Waals surface area contributed by atoms with Gasteiger partial charge in [0.2, 0.25) is 34.8 Å². The first-order chi connectivity index (χ1) is 16.9. The lowest BCUT2D eigenvalue weighted by Crippen LogP contribution is -2.19. The molecule has 0 saturated carbocycles. The van der Waals surface area contributed by atoms with Gasteiger partial charge in [0.05, 0.1) is 22.8 Å². The maximum Gasteiger partial charge on any atom is 0.339 e. The zero-order valence-corrected chi connectivity index (χ0v) is 20.0. The van der Waals surface area contributed by atoms with Crippen LogP contribution < -0.4 is 14.5 Å². The molecule has 0 spiro atoms. The van der Waals surface area contributed by atoms with Crippen LogP contribution in [0.1, 0.15) is 0 Å². The van der Waals surface area contributed by atoms with Crippen molar-refractivity contribution in [1.82, 2.24) is 4.57 Å². The minimum Gasteiger partial charge on any atom is -0.495 e. The van der Waals surface area contributed by atoms with Crippen LogP contribution in [0.2, 0.25) is 0 Å². The number of hydrogen-bond acceptors (Lipinski definition) is 5. The van der Waals surface area contributed by atoms with Crippen molar-refractivity contribution in [2.75, 3.05) is 7.11 Å². The van der Waals surface area contributed by atoms with Gasteiger partial charge < -0.3 is 8.92 Å². The molecular weight excluding hydrogens is 584 g/mol. The lowest BCUT2D eigenvalue weighted by atomic mass is 10.2. The molecule has 0 aliphatic heterocycles. The van der Waals surface area contributed by atoms with Crippen LogP contribution in [-0.4, -0.2) is 20.1 Å². The molecule has 0 amide bonds. The van der Waals surface area contributed by atoms with Crippen LogP contribution in [0.4, 0.5) is 26.3 Å². The molecule has 1 heterocycles. The Balaban J connectivity index is 1.87. The summed E-state index contributed by atoms with van der Waals surface area (Å²) in [5.74, 6) is -14.9. The van der Waals surface area contributed by atoms with E-state index in [1.54, 1.807) is 0 Å². The summed E-state index contributed by atoms with van der Waals surface area (Å²) in [5, 5.41) is 0.0575. The molecule has 0 radical (unpaired) electrons. The van der Waals surface area contributed by atoms with E-state index >= 15 is 0 Å². The fourth-order valence-electron chi connectivity index (χ4n) is 3.30. The van der Waals surface area contributed by atoms with Crippen molar-refractivity contribution >= 4 is 37.0 Å². The molecule has 0 saturated heterocycles. The molecule has 4 rings (SSSR count). The molecule has 1 aromatic heterocycles. The SMILES string of the molecule is COc1cc(Br)c(F)cc1-n1c(=O)ccc2cc(S(=O)(=O)Oc3c(F)c(F)c(F)c(F)c3F)ccc21. The number of nitrogens with zero attached hydrogens (tertiary/aromatic N) is 1. The van der Waals surface area contributed by atoms with Crippen molar-refractivity contribution in [2.45, 2.75) is 4.90 Å². The summed E-state index contributed by atoms with van der Waals surface area (Å²) >= 11 is 3.00. The Morgan fingerprint density at radius 2 is 1.44 bits per heavy atom. The summed E-state index contributed by atoms with van der Waals surface area (Å²) in [6.45, 7) is 0. The number of hydrogen-bond donors (Lipinski definition) is 0. The quantitative estimate of drug-likeness (QED) is 0.135. The summed E-state index contributed by atoms with van der Waals surface area (Å²) in [5.41, 5.74) is -0.601. The van der Waals surface area contributed by atoms with Gasteiger partial charge in [-0.1, -0.05) is 0 Å². The van der Waals surface area contributed by atoms with E-state index < -0.39 is 61.2 Å². The van der Waals surface area contributed by atoms with E-state index in [1.807, 2.05) is 0 Å². The Bertz CT molecular complexity index is 1700. The molecular formula is C22H10BrF6NO5S. The molecule has 14 heteroatoms. The van der Waals surface area contributed by atoms with Gasteiger partial charge in [-0.05, 0) is 46.3 Å². The third kappa shape index (κ3) is 4.19. The number of benzene rings is 3. The fourth-order valence-corrected chi connectivity index (χ4v) is 4.59. The smallest absolute Gasteiger partial charge is 0.339 e. The third-order valence-corrected chi connectivity index (χ3v) is 6.80. The van der Waals surface area contributed by atoms with Gasteiger partial charge in [-0.3, -0.25) is 9.36 Å². The molecule has 0 aliphatic rings. The molecule has 0 unspecified atom stereocenters. The van der Waals surface area contributed by atoms with Crippen LogP contribution in [0.15, 0.2) is 56.6 Å². The second-order valence-corrected chi connectivity index (χ2v) is 9.50. The number of methoxy groups -OCH3 is 1. The first kappa shape index (κ1) is 25.6. The maximum absolute atomic E-state index is 14.2. The number of rotatable bonds is 5. The fraction of sp³-hybridized carbons (Fsp3) is 0.0455. The van der Waals surface area contributed by atoms with Crippen molar-refractivity contribution < 1.29 is 43.7 Å². The average molecular weight is 594 g/mol. The van der Waals surface area contributed by atoms with Crippen molar-refractivity contribution in [2.24, 2.45) is 0 Å². The molecule has 0 atom stereocenters. The van der Waals surface area contributed by atoms with E-state index in [2.05, 4.69) is 20.1 Å². The van der Waals surface area contributed by atoms with Gasteiger partial charge >= 0.3 is 10.1 Å². The zero-order valence-electron chi connectivity index (χ0n) is 17.6. The van der Waals surface area contributed by atoms with E-state index in [-0.39, 0.29) is 26.8 Å². The molecule has 0 aliphatic carbocycles. The van der Waals surface area contributed by atoms with Crippen molar-refractivity contribution in [1.29, 1.82) is 0 Å². The number of ether oxygens (including phenoxy) is 1. The summed E-state index contributed by atoms with van der Waals surface area (Å²) < 4.78 is 118. The van der Waals surface area contributed by atoms with E-state index in [4.69, 9.17) is 4.74 Å². The van der Waals surface area contributed by atoms with Crippen LogP contribution >= 0.6 is 15.9 Å². The highest BCUT2D eigenvalue weighted by Gasteiger charge is 2.31. The Kier molecular flexibility index (Phi) is 6.51. The molecule has 3 aromatic carbocycles. The topological polar surface area (TPSA) is 74.6 Å². The van der Waals surface area contributed by atoms with Crippen LogP contribution in [-0.2, 0) is 10.1 Å². The molecule has 0 N–H and O–H groups in total. The largest absolute Gasteiger partial charge is 0.495 e. The minimum atomic E-state index is -5.12.